The van der Waals surface area contributed by atoms with E-state index in [-0.39, 0.29) is 36.5 Å². The molecule has 164 valence electrons. The van der Waals surface area contributed by atoms with Crippen LogP contribution in [0.1, 0.15) is 19.3 Å². The Morgan fingerprint density at radius 1 is 1.06 bits per heavy atom. The van der Waals surface area contributed by atoms with Gasteiger partial charge in [-0.25, -0.2) is 0 Å². The van der Waals surface area contributed by atoms with Crippen LogP contribution in [-0.4, -0.2) is 36.4 Å². The van der Waals surface area contributed by atoms with Crippen molar-refractivity contribution in [2.75, 3.05) is 24.4 Å². The molecule has 10 nitrogen and oxygen atoms in total. The molecule has 0 atom stereocenters. The Morgan fingerprint density at radius 3 is 2.55 bits per heavy atom. The Balaban J connectivity index is 1.70. The second-order valence-electron chi connectivity index (χ2n) is 6.26. The smallest absolute Gasteiger partial charge is 0.306 e. The summed E-state index contributed by atoms with van der Waals surface area (Å²) in [5.41, 5.74) is 0.451. The minimum Gasteiger partial charge on any atom is -0.495 e. The number of halogens is 1. The zero-order valence-corrected chi connectivity index (χ0v) is 17.3. The first-order valence-electron chi connectivity index (χ1n) is 9.12. The first kappa shape index (κ1) is 23.6. The molecule has 2 aromatic rings. The summed E-state index contributed by atoms with van der Waals surface area (Å²) in [5, 5.41) is 16.2. The lowest BCUT2D eigenvalue weighted by Gasteiger charge is -2.10. The number of esters is 1. The molecule has 0 spiro atoms. The average molecular weight is 450 g/mol. The van der Waals surface area contributed by atoms with Crippen LogP contribution in [0.5, 0.6) is 5.75 Å². The summed E-state index contributed by atoms with van der Waals surface area (Å²) in [6.45, 7) is -0.548. The summed E-state index contributed by atoms with van der Waals surface area (Å²) < 4.78 is 9.99. The Labute approximate surface area is 182 Å². The van der Waals surface area contributed by atoms with Crippen LogP contribution < -0.4 is 15.4 Å². The first-order valence-corrected chi connectivity index (χ1v) is 9.49. The third-order valence-corrected chi connectivity index (χ3v) is 4.16. The van der Waals surface area contributed by atoms with Crippen LogP contribution in [-0.2, 0) is 19.1 Å². The lowest BCUT2D eigenvalue weighted by atomic mass is 10.2. The number of nitro groups is 1. The minimum atomic E-state index is -0.651. The van der Waals surface area contributed by atoms with Crippen LogP contribution >= 0.6 is 11.6 Å². The van der Waals surface area contributed by atoms with Crippen LogP contribution in [0, 0.1) is 10.1 Å². The number of carbonyl (C=O) groups excluding carboxylic acids is 3. The highest BCUT2D eigenvalue weighted by Crippen LogP contribution is 2.27. The van der Waals surface area contributed by atoms with E-state index < -0.39 is 23.4 Å². The Bertz CT molecular complexity index is 981. The van der Waals surface area contributed by atoms with Crippen LogP contribution in [0.4, 0.5) is 17.1 Å². The molecule has 0 radical (unpaired) electrons. The molecule has 0 saturated carbocycles. The number of nitrogens with zero attached hydrogens (tertiary/aromatic N) is 1. The van der Waals surface area contributed by atoms with Crippen molar-refractivity contribution in [3.63, 3.8) is 0 Å². The first-order chi connectivity index (χ1) is 14.8. The van der Waals surface area contributed by atoms with Crippen molar-refractivity contribution < 1.29 is 28.8 Å². The Kier molecular flexibility index (Phi) is 8.77. The van der Waals surface area contributed by atoms with Crippen LogP contribution in [0.15, 0.2) is 42.5 Å². The largest absolute Gasteiger partial charge is 0.495 e. The summed E-state index contributed by atoms with van der Waals surface area (Å²) in [6.07, 6.45) is 0.189. The third-order valence-electron chi connectivity index (χ3n) is 3.93. The van der Waals surface area contributed by atoms with Gasteiger partial charge in [0.1, 0.15) is 5.75 Å². The van der Waals surface area contributed by atoms with Crippen LogP contribution in [0.25, 0.3) is 0 Å². The molecule has 0 saturated heterocycles. The van der Waals surface area contributed by atoms with Gasteiger partial charge < -0.3 is 20.1 Å². The molecule has 0 fully saturated rings. The topological polar surface area (TPSA) is 137 Å². The minimum absolute atomic E-state index is 0.0463. The summed E-state index contributed by atoms with van der Waals surface area (Å²) in [4.78, 5) is 45.8. The maximum atomic E-state index is 12.0. The van der Waals surface area contributed by atoms with Gasteiger partial charge in [0.15, 0.2) is 6.61 Å². The van der Waals surface area contributed by atoms with Crippen molar-refractivity contribution in [3.8, 4) is 5.75 Å². The maximum absolute atomic E-state index is 12.0. The van der Waals surface area contributed by atoms with Gasteiger partial charge in [0.25, 0.3) is 11.6 Å². The predicted octanol–water partition coefficient (Wildman–Crippen LogP) is 3.55. The highest BCUT2D eigenvalue weighted by atomic mass is 35.5. The molecule has 0 aliphatic carbocycles. The van der Waals surface area contributed by atoms with E-state index >= 15 is 0 Å². The van der Waals surface area contributed by atoms with E-state index in [0.29, 0.717) is 16.5 Å². The number of hydrogen-bond donors (Lipinski definition) is 2. The van der Waals surface area contributed by atoms with Gasteiger partial charge >= 0.3 is 5.97 Å². The zero-order valence-electron chi connectivity index (χ0n) is 16.6. The number of nitro benzene ring substituents is 1. The van der Waals surface area contributed by atoms with E-state index in [2.05, 4.69) is 10.6 Å². The van der Waals surface area contributed by atoms with E-state index in [1.54, 1.807) is 18.2 Å². The molecule has 2 N–H and O–H groups in total. The number of amides is 2. The van der Waals surface area contributed by atoms with Gasteiger partial charge in [-0.15, -0.1) is 0 Å². The van der Waals surface area contributed by atoms with Crippen molar-refractivity contribution in [2.24, 2.45) is 0 Å². The van der Waals surface area contributed by atoms with Gasteiger partial charge in [-0.2, -0.15) is 0 Å². The van der Waals surface area contributed by atoms with Crippen molar-refractivity contribution >= 4 is 46.4 Å². The molecule has 2 aromatic carbocycles. The average Bonchev–Trinajstić information content (AvgIpc) is 2.72. The van der Waals surface area contributed by atoms with Crippen molar-refractivity contribution in [3.05, 3.63) is 57.6 Å². The molecule has 0 heterocycles. The van der Waals surface area contributed by atoms with Gasteiger partial charge in [0.05, 0.1) is 17.7 Å². The quantitative estimate of drug-likeness (QED) is 0.321. The molecule has 2 rings (SSSR count). The molecule has 0 unspecified atom stereocenters. The standard InChI is InChI=1S/C20H20ClN3O7/c1-30-17-9-8-13(21)10-16(17)23-18(25)6-3-7-20(27)31-12-19(26)22-14-4-2-5-15(11-14)24(28)29/h2,4-5,8-11H,3,6-7,12H2,1H3,(H,22,26)(H,23,25). The molecule has 0 aromatic heterocycles. The third kappa shape index (κ3) is 7.94. The molecule has 0 aliphatic heterocycles. The van der Waals surface area contributed by atoms with E-state index in [1.807, 2.05) is 0 Å². The Morgan fingerprint density at radius 2 is 1.84 bits per heavy atom. The SMILES string of the molecule is COc1ccc(Cl)cc1NC(=O)CCCC(=O)OCC(=O)Nc1cccc([N+](=O)[O-])c1. The van der Waals surface area contributed by atoms with E-state index in [1.165, 1.54) is 31.4 Å². The van der Waals surface area contributed by atoms with Gasteiger partial charge in [0.2, 0.25) is 5.91 Å². The highest BCUT2D eigenvalue weighted by Gasteiger charge is 2.12. The number of nitrogens with one attached hydrogen (secondary N) is 2. The molecular formula is C20H20ClN3O7. The molecule has 0 aliphatic rings. The van der Waals surface area contributed by atoms with E-state index in [0.717, 1.165) is 0 Å². The monoisotopic (exact) mass is 449 g/mol. The molecular weight excluding hydrogens is 430 g/mol. The number of non-ortho nitro benzene ring substituents is 1. The highest BCUT2D eigenvalue weighted by molar-refractivity contribution is 6.31. The number of carbonyl (C=O) groups is 3. The molecule has 2 amide bonds. The lowest BCUT2D eigenvalue weighted by molar-refractivity contribution is -0.384. The van der Waals surface area contributed by atoms with Gasteiger partial charge in [-0.1, -0.05) is 17.7 Å². The Hall–Kier alpha value is -3.66. The zero-order chi connectivity index (χ0) is 22.8. The predicted molar refractivity (Wildman–Crippen MR) is 113 cm³/mol. The van der Waals surface area contributed by atoms with Gasteiger partial charge in [-0.05, 0) is 30.7 Å². The fourth-order valence-electron chi connectivity index (χ4n) is 2.50. The summed E-state index contributed by atoms with van der Waals surface area (Å²) in [7, 11) is 1.46. The van der Waals surface area contributed by atoms with Crippen molar-refractivity contribution in [1.29, 1.82) is 0 Å². The van der Waals surface area contributed by atoms with Gasteiger partial charge in [0, 0.05) is 35.7 Å². The summed E-state index contributed by atoms with van der Waals surface area (Å²) in [6, 6.07) is 10.2. The lowest BCUT2D eigenvalue weighted by Crippen LogP contribution is -2.21. The normalized spacial score (nSPS) is 10.1. The van der Waals surface area contributed by atoms with E-state index in [9.17, 15) is 24.5 Å². The molecule has 0 bridgehead atoms. The fraction of sp³-hybridized carbons (Fsp3) is 0.250. The van der Waals surface area contributed by atoms with E-state index in [4.69, 9.17) is 21.1 Å². The second-order valence-corrected chi connectivity index (χ2v) is 6.70. The van der Waals surface area contributed by atoms with Crippen molar-refractivity contribution in [2.45, 2.75) is 19.3 Å². The molecule has 31 heavy (non-hydrogen) atoms. The number of ether oxygens (including phenoxy) is 2. The molecule has 11 heteroatoms. The fourth-order valence-corrected chi connectivity index (χ4v) is 2.67. The number of rotatable bonds is 10. The second kappa shape index (κ2) is 11.5. The number of hydrogen-bond acceptors (Lipinski definition) is 7. The summed E-state index contributed by atoms with van der Waals surface area (Å²) in [5.74, 6) is -1.18. The number of anilines is 2. The van der Waals surface area contributed by atoms with Crippen molar-refractivity contribution in [1.82, 2.24) is 0 Å². The van der Waals surface area contributed by atoms with Gasteiger partial charge in [-0.3, -0.25) is 24.5 Å². The summed E-state index contributed by atoms with van der Waals surface area (Å²) >= 11 is 5.91. The number of benzene rings is 2. The maximum Gasteiger partial charge on any atom is 0.306 e. The van der Waals surface area contributed by atoms with Crippen LogP contribution in [0.2, 0.25) is 5.02 Å². The van der Waals surface area contributed by atoms with Crippen LogP contribution in [0.3, 0.4) is 0 Å². The number of methoxy groups -OCH3 is 1.